The van der Waals surface area contributed by atoms with E-state index in [0.717, 1.165) is 0 Å². The first-order valence-electron chi connectivity index (χ1n) is 8.37. The highest BCUT2D eigenvalue weighted by atomic mass is 19.1. The van der Waals surface area contributed by atoms with Crippen LogP contribution in [0.25, 0.3) is 11.0 Å². The van der Waals surface area contributed by atoms with Gasteiger partial charge in [0.2, 0.25) is 5.76 Å². The first kappa shape index (κ1) is 19.1. The molecule has 2 N–H and O–H groups in total. The second-order valence-corrected chi connectivity index (χ2v) is 5.98. The van der Waals surface area contributed by atoms with Crippen molar-refractivity contribution in [3.8, 4) is 0 Å². The molecule has 2 amide bonds. The molecule has 3 rings (SSSR count). The van der Waals surface area contributed by atoms with Crippen molar-refractivity contribution in [3.05, 3.63) is 65.2 Å². The van der Waals surface area contributed by atoms with E-state index in [1.165, 1.54) is 25.2 Å². The molecule has 0 aliphatic heterocycles. The van der Waals surface area contributed by atoms with Gasteiger partial charge in [-0.3, -0.25) is 9.59 Å². The van der Waals surface area contributed by atoms with Crippen LogP contribution < -0.4 is 10.6 Å². The van der Waals surface area contributed by atoms with Crippen LogP contribution >= 0.6 is 0 Å². The van der Waals surface area contributed by atoms with E-state index in [0.29, 0.717) is 27.8 Å². The summed E-state index contributed by atoms with van der Waals surface area (Å²) in [5.41, 5.74) is 1.68. The molecule has 0 spiro atoms. The van der Waals surface area contributed by atoms with Gasteiger partial charge in [0.05, 0.1) is 0 Å². The summed E-state index contributed by atoms with van der Waals surface area (Å²) in [6, 6.07) is 10.1. The third kappa shape index (κ3) is 4.01. The van der Waals surface area contributed by atoms with Crippen molar-refractivity contribution in [3.63, 3.8) is 0 Å². The Labute approximate surface area is 159 Å². The normalized spacial score (nSPS) is 10.5. The molecule has 0 saturated carbocycles. The van der Waals surface area contributed by atoms with Gasteiger partial charge in [-0.15, -0.1) is 0 Å². The van der Waals surface area contributed by atoms with Crippen molar-refractivity contribution < 1.29 is 27.9 Å². The molecule has 0 unspecified atom stereocenters. The lowest BCUT2D eigenvalue weighted by atomic mass is 10.1. The van der Waals surface area contributed by atoms with E-state index in [9.17, 15) is 18.8 Å². The van der Waals surface area contributed by atoms with E-state index in [1.54, 1.807) is 31.2 Å². The quantitative estimate of drug-likeness (QED) is 0.659. The summed E-state index contributed by atoms with van der Waals surface area (Å²) < 4.78 is 23.7. The Morgan fingerprint density at radius 2 is 1.82 bits per heavy atom. The number of carbonyl (C=O) groups is 3. The molecule has 0 saturated heterocycles. The number of aryl methyl sites for hydroxylation is 1. The molecule has 28 heavy (non-hydrogen) atoms. The van der Waals surface area contributed by atoms with Crippen molar-refractivity contribution >= 4 is 34.4 Å². The van der Waals surface area contributed by atoms with Crippen molar-refractivity contribution in [2.45, 2.75) is 6.92 Å². The van der Waals surface area contributed by atoms with Crippen LogP contribution in [-0.2, 0) is 9.53 Å². The van der Waals surface area contributed by atoms with E-state index < -0.39 is 24.3 Å². The largest absolute Gasteiger partial charge is 0.450 e. The van der Waals surface area contributed by atoms with E-state index in [2.05, 4.69) is 10.6 Å². The topological polar surface area (TPSA) is 97.6 Å². The summed E-state index contributed by atoms with van der Waals surface area (Å²) in [6.07, 6.45) is 0. The summed E-state index contributed by atoms with van der Waals surface area (Å²) in [5, 5.41) is 5.51. The summed E-state index contributed by atoms with van der Waals surface area (Å²) in [6.45, 7) is 1.08. The molecule has 8 heteroatoms. The van der Waals surface area contributed by atoms with Gasteiger partial charge >= 0.3 is 5.97 Å². The van der Waals surface area contributed by atoms with Gasteiger partial charge in [-0.05, 0) is 49.4 Å². The number of carbonyl (C=O) groups excluding carboxylic acids is 3. The highest BCUT2D eigenvalue weighted by molar-refractivity contribution is 5.99. The third-order valence-corrected chi connectivity index (χ3v) is 4.08. The predicted molar refractivity (Wildman–Crippen MR) is 99.7 cm³/mol. The summed E-state index contributed by atoms with van der Waals surface area (Å²) in [5.74, 6) is -2.14. The number of ether oxygens (including phenoxy) is 1. The molecule has 144 valence electrons. The fraction of sp³-hybridized carbons (Fsp3) is 0.150. The zero-order valence-electron chi connectivity index (χ0n) is 15.2. The van der Waals surface area contributed by atoms with Crippen LogP contribution in [0.3, 0.4) is 0 Å². The van der Waals surface area contributed by atoms with Gasteiger partial charge in [-0.2, -0.15) is 0 Å². The molecule has 0 radical (unpaired) electrons. The van der Waals surface area contributed by atoms with Gasteiger partial charge in [0.15, 0.2) is 6.61 Å². The van der Waals surface area contributed by atoms with Crippen LogP contribution in [0.2, 0.25) is 0 Å². The van der Waals surface area contributed by atoms with Gasteiger partial charge in [-0.25, -0.2) is 9.18 Å². The minimum atomic E-state index is -0.820. The van der Waals surface area contributed by atoms with Crippen molar-refractivity contribution in [1.82, 2.24) is 5.32 Å². The number of nitrogens with one attached hydrogen (secondary N) is 2. The highest BCUT2D eigenvalue weighted by Crippen LogP contribution is 2.26. The Morgan fingerprint density at radius 3 is 2.50 bits per heavy atom. The number of esters is 1. The maximum absolute atomic E-state index is 13.3. The van der Waals surface area contributed by atoms with Crippen LogP contribution in [0.15, 0.2) is 46.9 Å². The van der Waals surface area contributed by atoms with E-state index in [1.807, 2.05) is 0 Å². The number of hydrogen-bond donors (Lipinski definition) is 2. The molecule has 7 nitrogen and oxygen atoms in total. The lowest BCUT2D eigenvalue weighted by Crippen LogP contribution is -2.21. The molecule has 0 atom stereocenters. The van der Waals surface area contributed by atoms with Crippen LogP contribution in [0.1, 0.15) is 26.5 Å². The molecule has 0 aliphatic carbocycles. The van der Waals surface area contributed by atoms with E-state index >= 15 is 0 Å². The third-order valence-electron chi connectivity index (χ3n) is 4.08. The smallest absolute Gasteiger partial charge is 0.375 e. The second kappa shape index (κ2) is 7.91. The fourth-order valence-electron chi connectivity index (χ4n) is 2.63. The van der Waals surface area contributed by atoms with Crippen LogP contribution in [0.5, 0.6) is 0 Å². The molecule has 1 aromatic heterocycles. The molecular weight excluding hydrogens is 367 g/mol. The van der Waals surface area contributed by atoms with E-state index in [-0.39, 0.29) is 11.7 Å². The van der Waals surface area contributed by atoms with Gasteiger partial charge in [0.25, 0.3) is 11.8 Å². The molecule has 0 bridgehead atoms. The van der Waals surface area contributed by atoms with Crippen molar-refractivity contribution in [2.24, 2.45) is 0 Å². The van der Waals surface area contributed by atoms with Crippen LogP contribution in [0.4, 0.5) is 10.1 Å². The maximum atomic E-state index is 13.3. The van der Waals surface area contributed by atoms with Gasteiger partial charge in [-0.1, -0.05) is 0 Å². The SMILES string of the molecule is CNC(=O)c1ccc(NC(=O)COC(=O)c2oc3ccc(F)cc3c2C)cc1. The Bertz CT molecular complexity index is 1060. The molecule has 3 aromatic rings. The number of furan rings is 1. The number of rotatable bonds is 5. The standard InChI is InChI=1S/C20H17FN2O5/c1-11-15-9-13(21)5-8-16(15)28-18(11)20(26)27-10-17(24)23-14-6-3-12(4-7-14)19(25)22-2/h3-9H,10H2,1-2H3,(H,22,25)(H,23,24). The maximum Gasteiger partial charge on any atom is 0.375 e. The lowest BCUT2D eigenvalue weighted by Gasteiger charge is -2.07. The first-order valence-corrected chi connectivity index (χ1v) is 8.37. The fourth-order valence-corrected chi connectivity index (χ4v) is 2.63. The number of benzene rings is 2. The number of amides is 2. The number of fused-ring (bicyclic) bond motifs is 1. The number of halogens is 1. The van der Waals surface area contributed by atoms with E-state index in [4.69, 9.17) is 9.15 Å². The van der Waals surface area contributed by atoms with Crippen molar-refractivity contribution in [1.29, 1.82) is 0 Å². The predicted octanol–water partition coefficient (Wildman–Crippen LogP) is 3.04. The Hall–Kier alpha value is -3.68. The monoisotopic (exact) mass is 384 g/mol. The second-order valence-electron chi connectivity index (χ2n) is 5.98. The van der Waals surface area contributed by atoms with Crippen LogP contribution in [0, 0.1) is 12.7 Å². The Balaban J connectivity index is 1.61. The summed E-state index contributed by atoms with van der Waals surface area (Å²) in [4.78, 5) is 35.7. The molecule has 2 aromatic carbocycles. The minimum absolute atomic E-state index is 0.0802. The Morgan fingerprint density at radius 1 is 1.11 bits per heavy atom. The lowest BCUT2D eigenvalue weighted by molar-refractivity contribution is -0.119. The summed E-state index contributed by atoms with van der Waals surface area (Å²) >= 11 is 0. The van der Waals surface area contributed by atoms with Gasteiger partial charge in [0, 0.05) is 29.2 Å². The number of anilines is 1. The summed E-state index contributed by atoms with van der Waals surface area (Å²) in [7, 11) is 1.52. The zero-order chi connectivity index (χ0) is 20.3. The number of hydrogen-bond acceptors (Lipinski definition) is 5. The molecular formula is C20H17FN2O5. The first-order chi connectivity index (χ1) is 13.4. The average molecular weight is 384 g/mol. The zero-order valence-corrected chi connectivity index (χ0v) is 15.2. The van der Waals surface area contributed by atoms with Gasteiger partial charge in [0.1, 0.15) is 11.4 Å². The Kier molecular flexibility index (Phi) is 5.39. The minimum Gasteiger partial charge on any atom is -0.450 e. The highest BCUT2D eigenvalue weighted by Gasteiger charge is 2.20. The average Bonchev–Trinajstić information content (AvgIpc) is 3.02. The molecule has 0 fully saturated rings. The van der Waals surface area contributed by atoms with Crippen LogP contribution in [-0.4, -0.2) is 31.4 Å². The molecule has 0 aliphatic rings. The van der Waals surface area contributed by atoms with Crippen molar-refractivity contribution in [2.75, 3.05) is 19.0 Å². The van der Waals surface area contributed by atoms with Gasteiger partial charge < -0.3 is 19.8 Å². The molecule has 1 heterocycles.